The van der Waals surface area contributed by atoms with Gasteiger partial charge >= 0.3 is 0 Å². The lowest BCUT2D eigenvalue weighted by molar-refractivity contribution is -0.121. The van der Waals surface area contributed by atoms with Gasteiger partial charge in [-0.1, -0.05) is 49.6 Å². The minimum Gasteiger partial charge on any atom is -0.455 e. The predicted molar refractivity (Wildman–Crippen MR) is 101 cm³/mol. The van der Waals surface area contributed by atoms with Crippen molar-refractivity contribution >= 4 is 11.6 Å². The van der Waals surface area contributed by atoms with Crippen molar-refractivity contribution in [1.29, 1.82) is 0 Å². The summed E-state index contributed by atoms with van der Waals surface area (Å²) < 4.78 is 5.93. The number of ether oxygens (including phenoxy) is 1. The summed E-state index contributed by atoms with van der Waals surface area (Å²) in [5.41, 5.74) is 0.900. The number of rotatable bonds is 7. The lowest BCUT2D eigenvalue weighted by Gasteiger charge is -2.22. The van der Waals surface area contributed by atoms with Gasteiger partial charge in [-0.05, 0) is 37.1 Å². The van der Waals surface area contributed by atoms with Gasteiger partial charge in [0.25, 0.3) is 0 Å². The molecule has 0 aliphatic heterocycles. The highest BCUT2D eigenvalue weighted by Crippen LogP contribution is 2.29. The smallest absolute Gasteiger partial charge is 0.221 e. The highest BCUT2D eigenvalue weighted by atomic mass is 16.5. The first-order valence-corrected chi connectivity index (χ1v) is 9.16. The number of amides is 1. The van der Waals surface area contributed by atoms with Gasteiger partial charge in [-0.3, -0.25) is 4.79 Å². The Morgan fingerprint density at radius 2 is 1.68 bits per heavy atom. The Morgan fingerprint density at radius 3 is 2.48 bits per heavy atom. The second-order valence-electron chi connectivity index (χ2n) is 6.49. The van der Waals surface area contributed by atoms with Crippen LogP contribution >= 0.6 is 0 Å². The maximum absolute atomic E-state index is 12.1. The van der Waals surface area contributed by atoms with Gasteiger partial charge in [0.15, 0.2) is 5.75 Å². The van der Waals surface area contributed by atoms with Crippen molar-refractivity contribution in [3.05, 3.63) is 54.6 Å². The molecule has 1 saturated carbocycles. The van der Waals surface area contributed by atoms with Crippen LogP contribution in [-0.4, -0.2) is 18.5 Å². The van der Waals surface area contributed by atoms with Crippen molar-refractivity contribution in [3.63, 3.8) is 0 Å². The van der Waals surface area contributed by atoms with E-state index in [4.69, 9.17) is 4.74 Å². The van der Waals surface area contributed by atoms with Gasteiger partial charge in [0.2, 0.25) is 5.91 Å². The fraction of sp³-hybridized carbons (Fsp3) is 0.381. The van der Waals surface area contributed by atoms with E-state index in [1.54, 1.807) is 0 Å². The Labute approximate surface area is 149 Å². The highest BCUT2D eigenvalue weighted by Gasteiger charge is 2.15. The lowest BCUT2D eigenvalue weighted by Crippen LogP contribution is -2.36. The fourth-order valence-electron chi connectivity index (χ4n) is 3.17. The van der Waals surface area contributed by atoms with Crippen molar-refractivity contribution in [3.8, 4) is 11.5 Å². The largest absolute Gasteiger partial charge is 0.455 e. The van der Waals surface area contributed by atoms with E-state index in [-0.39, 0.29) is 5.91 Å². The third kappa shape index (κ3) is 5.52. The molecule has 1 amide bonds. The Bertz CT molecular complexity index is 667. The van der Waals surface area contributed by atoms with Crippen molar-refractivity contribution in [1.82, 2.24) is 5.32 Å². The first kappa shape index (κ1) is 17.3. The van der Waals surface area contributed by atoms with Crippen LogP contribution in [0.1, 0.15) is 38.5 Å². The van der Waals surface area contributed by atoms with Gasteiger partial charge in [0, 0.05) is 19.0 Å². The lowest BCUT2D eigenvalue weighted by atomic mass is 9.95. The van der Waals surface area contributed by atoms with Crippen LogP contribution in [-0.2, 0) is 4.79 Å². The summed E-state index contributed by atoms with van der Waals surface area (Å²) in [5.74, 6) is 1.69. The summed E-state index contributed by atoms with van der Waals surface area (Å²) in [7, 11) is 0. The Hall–Kier alpha value is -2.49. The third-order valence-electron chi connectivity index (χ3n) is 4.50. The van der Waals surface area contributed by atoms with Crippen LogP contribution in [0.3, 0.4) is 0 Å². The van der Waals surface area contributed by atoms with E-state index < -0.39 is 0 Å². The number of carbonyl (C=O) groups excluding carboxylic acids is 1. The average molecular weight is 338 g/mol. The summed E-state index contributed by atoms with van der Waals surface area (Å²) in [5, 5.41) is 6.47. The van der Waals surface area contributed by atoms with Crippen LogP contribution in [0.4, 0.5) is 5.69 Å². The summed E-state index contributed by atoms with van der Waals surface area (Å²) in [6.07, 6.45) is 6.46. The Kier molecular flexibility index (Phi) is 6.32. The quantitative estimate of drug-likeness (QED) is 0.767. The fourth-order valence-corrected chi connectivity index (χ4v) is 3.17. The predicted octanol–water partition coefficient (Wildman–Crippen LogP) is 4.73. The standard InChI is InChI=1S/C21H26N2O2/c24-21(23-17-9-3-1-4-10-17)15-16-22-19-13-7-8-14-20(19)25-18-11-5-2-6-12-18/h2,5-8,11-14,17,22H,1,3-4,9-10,15-16H2,(H,23,24). The first-order chi connectivity index (χ1) is 12.3. The maximum Gasteiger partial charge on any atom is 0.221 e. The first-order valence-electron chi connectivity index (χ1n) is 9.16. The molecule has 0 spiro atoms. The summed E-state index contributed by atoms with van der Waals surface area (Å²) >= 11 is 0. The maximum atomic E-state index is 12.1. The molecule has 0 unspecified atom stereocenters. The number of nitrogens with one attached hydrogen (secondary N) is 2. The molecule has 0 aromatic heterocycles. The molecule has 4 nitrogen and oxygen atoms in total. The summed E-state index contributed by atoms with van der Waals surface area (Å²) in [4.78, 5) is 12.1. The molecule has 4 heteroatoms. The van der Waals surface area contributed by atoms with Crippen LogP contribution in [0.15, 0.2) is 54.6 Å². The van der Waals surface area contributed by atoms with Crippen molar-refractivity contribution in [2.75, 3.05) is 11.9 Å². The zero-order valence-electron chi connectivity index (χ0n) is 14.5. The van der Waals surface area contributed by atoms with Crippen LogP contribution in [0.5, 0.6) is 11.5 Å². The second kappa shape index (κ2) is 9.11. The molecule has 0 heterocycles. The van der Waals surface area contributed by atoms with Crippen LogP contribution < -0.4 is 15.4 Å². The molecule has 2 N–H and O–H groups in total. The molecule has 2 aromatic carbocycles. The van der Waals surface area contributed by atoms with Gasteiger partial charge in [0.05, 0.1) is 5.69 Å². The minimum absolute atomic E-state index is 0.126. The van der Waals surface area contributed by atoms with E-state index in [1.165, 1.54) is 19.3 Å². The molecule has 0 atom stereocenters. The van der Waals surface area contributed by atoms with E-state index >= 15 is 0 Å². The Balaban J connectivity index is 1.48. The van der Waals surface area contributed by atoms with Gasteiger partial charge < -0.3 is 15.4 Å². The molecule has 1 aliphatic rings. The summed E-state index contributed by atoms with van der Waals surface area (Å²) in [6, 6.07) is 17.9. The normalized spacial score (nSPS) is 14.7. The Morgan fingerprint density at radius 1 is 0.960 bits per heavy atom. The van der Waals surface area contributed by atoms with Crippen LogP contribution in [0.2, 0.25) is 0 Å². The third-order valence-corrected chi connectivity index (χ3v) is 4.50. The molecule has 0 bridgehead atoms. The van der Waals surface area contributed by atoms with E-state index in [9.17, 15) is 4.79 Å². The van der Waals surface area contributed by atoms with Crippen LogP contribution in [0, 0.1) is 0 Å². The number of hydrogen-bond donors (Lipinski definition) is 2. The van der Waals surface area contributed by atoms with Gasteiger partial charge in [-0.2, -0.15) is 0 Å². The number of para-hydroxylation sites is 3. The van der Waals surface area contributed by atoms with E-state index in [0.717, 1.165) is 30.0 Å². The van der Waals surface area contributed by atoms with Gasteiger partial charge in [-0.15, -0.1) is 0 Å². The SMILES string of the molecule is O=C(CCNc1ccccc1Oc1ccccc1)NC1CCCCC1. The van der Waals surface area contributed by atoms with Gasteiger partial charge in [0.1, 0.15) is 5.75 Å². The molecular weight excluding hydrogens is 312 g/mol. The number of anilines is 1. The number of hydrogen-bond acceptors (Lipinski definition) is 3. The molecule has 0 radical (unpaired) electrons. The van der Waals surface area contributed by atoms with Crippen molar-refractivity contribution in [2.45, 2.75) is 44.6 Å². The van der Waals surface area contributed by atoms with Crippen molar-refractivity contribution in [2.24, 2.45) is 0 Å². The topological polar surface area (TPSA) is 50.4 Å². The summed E-state index contributed by atoms with van der Waals surface area (Å²) in [6.45, 7) is 0.591. The minimum atomic E-state index is 0.126. The van der Waals surface area contributed by atoms with Crippen molar-refractivity contribution < 1.29 is 9.53 Å². The van der Waals surface area contributed by atoms with E-state index in [2.05, 4.69) is 10.6 Å². The molecule has 2 aromatic rings. The molecule has 1 fully saturated rings. The van der Waals surface area contributed by atoms with Gasteiger partial charge in [-0.25, -0.2) is 0 Å². The zero-order chi connectivity index (χ0) is 17.3. The molecule has 25 heavy (non-hydrogen) atoms. The monoisotopic (exact) mass is 338 g/mol. The number of benzene rings is 2. The van der Waals surface area contributed by atoms with E-state index in [1.807, 2.05) is 54.6 Å². The van der Waals surface area contributed by atoms with Crippen LogP contribution in [0.25, 0.3) is 0 Å². The highest BCUT2D eigenvalue weighted by molar-refractivity contribution is 5.77. The molecular formula is C21H26N2O2. The number of carbonyl (C=O) groups is 1. The zero-order valence-corrected chi connectivity index (χ0v) is 14.5. The second-order valence-corrected chi connectivity index (χ2v) is 6.49. The molecule has 0 saturated heterocycles. The molecule has 3 rings (SSSR count). The van der Waals surface area contributed by atoms with E-state index in [0.29, 0.717) is 19.0 Å². The molecule has 1 aliphatic carbocycles. The average Bonchev–Trinajstić information content (AvgIpc) is 2.65. The molecule has 132 valence electrons.